The zero-order chi connectivity index (χ0) is 23.0. The Labute approximate surface area is 170 Å². The van der Waals surface area contributed by atoms with Gasteiger partial charge in [0.1, 0.15) is 32.8 Å². The van der Waals surface area contributed by atoms with Crippen molar-refractivity contribution in [1.82, 2.24) is 4.90 Å². The van der Waals surface area contributed by atoms with Crippen LogP contribution in [0.25, 0.3) is 0 Å². The lowest BCUT2D eigenvalue weighted by atomic mass is 10.1. The van der Waals surface area contributed by atoms with E-state index in [4.69, 9.17) is 9.11 Å². The lowest BCUT2D eigenvalue weighted by Crippen LogP contribution is -2.27. The SMILES string of the molecule is CC(=O)N(Cc1cc(O)c(S(=O)(=O)O)cc1O)Cc1cc(O)c(S(=O)(=O)O)cc1O. The van der Waals surface area contributed by atoms with Gasteiger partial charge in [0.15, 0.2) is 0 Å². The van der Waals surface area contributed by atoms with Gasteiger partial charge in [-0.05, 0) is 12.1 Å². The summed E-state index contributed by atoms with van der Waals surface area (Å²) in [5.74, 6) is -3.70. The Kier molecular flexibility index (Phi) is 6.18. The fourth-order valence-corrected chi connectivity index (χ4v) is 3.73. The first-order chi connectivity index (χ1) is 13.6. The van der Waals surface area contributed by atoms with Crippen molar-refractivity contribution < 1.29 is 51.2 Å². The van der Waals surface area contributed by atoms with Crippen LogP contribution in [0.5, 0.6) is 23.0 Å². The minimum absolute atomic E-state index is 0.117. The summed E-state index contributed by atoms with van der Waals surface area (Å²) in [4.78, 5) is 11.1. The number of nitrogens with zero attached hydrogens (tertiary/aromatic N) is 1. The predicted octanol–water partition coefficient (Wildman–Crippen LogP) is 0.551. The second-order valence-corrected chi connectivity index (χ2v) is 9.00. The highest BCUT2D eigenvalue weighted by Crippen LogP contribution is 2.34. The van der Waals surface area contributed by atoms with Gasteiger partial charge in [-0.2, -0.15) is 16.8 Å². The van der Waals surface area contributed by atoms with Crippen molar-refractivity contribution in [2.24, 2.45) is 0 Å². The number of amides is 1. The molecule has 0 saturated heterocycles. The minimum Gasteiger partial charge on any atom is -0.508 e. The summed E-state index contributed by atoms with van der Waals surface area (Å²) in [5, 5.41) is 39.5. The molecule has 0 aliphatic heterocycles. The molecular formula is C16H17NO11S2. The zero-order valence-electron chi connectivity index (χ0n) is 15.2. The Hall–Kier alpha value is -3.07. The third-order valence-electron chi connectivity index (χ3n) is 4.04. The molecule has 30 heavy (non-hydrogen) atoms. The van der Waals surface area contributed by atoms with Gasteiger partial charge >= 0.3 is 0 Å². The fourth-order valence-electron chi connectivity index (χ4n) is 2.56. The molecule has 14 heteroatoms. The lowest BCUT2D eigenvalue weighted by Gasteiger charge is -2.23. The van der Waals surface area contributed by atoms with Crippen LogP contribution in [0, 0.1) is 0 Å². The van der Waals surface area contributed by atoms with Crippen LogP contribution in [-0.4, -0.2) is 57.2 Å². The molecule has 2 rings (SSSR count). The highest BCUT2D eigenvalue weighted by molar-refractivity contribution is 7.86. The van der Waals surface area contributed by atoms with Gasteiger partial charge < -0.3 is 25.3 Å². The second-order valence-electron chi connectivity index (χ2n) is 6.22. The maximum atomic E-state index is 12.0. The molecule has 12 nitrogen and oxygen atoms in total. The van der Waals surface area contributed by atoms with Gasteiger partial charge in [-0.3, -0.25) is 13.9 Å². The van der Waals surface area contributed by atoms with Crippen LogP contribution in [0.4, 0.5) is 0 Å². The average Bonchev–Trinajstić information content (AvgIpc) is 2.57. The molecule has 0 radical (unpaired) electrons. The van der Waals surface area contributed by atoms with Gasteiger partial charge in [0.05, 0.1) is 0 Å². The van der Waals surface area contributed by atoms with Crippen LogP contribution < -0.4 is 0 Å². The van der Waals surface area contributed by atoms with E-state index in [0.717, 1.165) is 24.0 Å². The number of phenols is 4. The molecule has 0 bridgehead atoms. The summed E-state index contributed by atoms with van der Waals surface area (Å²) >= 11 is 0. The molecule has 0 saturated carbocycles. The van der Waals surface area contributed by atoms with Crippen molar-refractivity contribution in [3.8, 4) is 23.0 Å². The smallest absolute Gasteiger partial charge is 0.298 e. The summed E-state index contributed by atoms with van der Waals surface area (Å²) < 4.78 is 62.7. The minimum atomic E-state index is -4.81. The molecule has 1 amide bonds. The van der Waals surface area contributed by atoms with Crippen LogP contribution in [-0.2, 0) is 38.1 Å². The average molecular weight is 463 g/mol. The number of rotatable bonds is 6. The zero-order valence-corrected chi connectivity index (χ0v) is 16.8. The van der Waals surface area contributed by atoms with E-state index in [2.05, 4.69) is 0 Å². The summed E-state index contributed by atoms with van der Waals surface area (Å²) in [6.45, 7) is 0.314. The van der Waals surface area contributed by atoms with E-state index in [-0.39, 0.29) is 11.1 Å². The molecule has 164 valence electrons. The molecule has 0 spiro atoms. The summed E-state index contributed by atoms with van der Waals surface area (Å²) in [5.41, 5.74) is -0.235. The van der Waals surface area contributed by atoms with E-state index in [1.165, 1.54) is 0 Å². The molecule has 0 unspecified atom stereocenters. The van der Waals surface area contributed by atoms with E-state index >= 15 is 0 Å². The molecule has 0 atom stereocenters. The van der Waals surface area contributed by atoms with E-state index in [9.17, 15) is 42.1 Å². The highest BCUT2D eigenvalue weighted by Gasteiger charge is 2.23. The molecule has 0 fully saturated rings. The molecule has 0 heterocycles. The summed E-state index contributed by atoms with van der Waals surface area (Å²) in [7, 11) is -9.63. The van der Waals surface area contributed by atoms with Crippen molar-refractivity contribution in [3.63, 3.8) is 0 Å². The van der Waals surface area contributed by atoms with Crippen molar-refractivity contribution >= 4 is 26.1 Å². The largest absolute Gasteiger partial charge is 0.508 e. The summed E-state index contributed by atoms with van der Waals surface area (Å²) in [6, 6.07) is 2.80. The first-order valence-corrected chi connectivity index (χ1v) is 10.8. The molecular weight excluding hydrogens is 446 g/mol. The van der Waals surface area contributed by atoms with E-state index in [1.807, 2.05) is 0 Å². The number of hydrogen-bond acceptors (Lipinski definition) is 9. The summed E-state index contributed by atoms with van der Waals surface area (Å²) in [6.07, 6.45) is 0. The number of carbonyl (C=O) groups excluding carboxylic acids is 1. The first kappa shape index (κ1) is 23.2. The molecule has 0 aliphatic rings. The van der Waals surface area contributed by atoms with E-state index in [0.29, 0.717) is 12.1 Å². The molecule has 0 aliphatic carbocycles. The standard InChI is InChI=1S/C16H17NO11S2/c1-8(18)17(6-9-2-13(21)15(4-11(9)19)29(23,24)25)7-10-3-14(22)16(5-12(10)20)30(26,27)28/h2-5,19-22H,6-7H2,1H3,(H,23,24,25)(H,26,27,28). The third kappa shape index (κ3) is 5.10. The Morgan fingerprint density at radius 1 is 0.733 bits per heavy atom. The van der Waals surface area contributed by atoms with Gasteiger partial charge in [-0.15, -0.1) is 0 Å². The van der Waals surface area contributed by atoms with Gasteiger partial charge in [-0.25, -0.2) is 0 Å². The lowest BCUT2D eigenvalue weighted by molar-refractivity contribution is -0.130. The highest BCUT2D eigenvalue weighted by atomic mass is 32.2. The first-order valence-electron chi connectivity index (χ1n) is 7.91. The monoisotopic (exact) mass is 463 g/mol. The number of phenolic OH excluding ortho intramolecular Hbond substituents is 4. The maximum Gasteiger partial charge on any atom is 0.298 e. The number of aromatic hydroxyl groups is 4. The number of hydrogen-bond donors (Lipinski definition) is 6. The van der Waals surface area contributed by atoms with Crippen molar-refractivity contribution in [2.75, 3.05) is 0 Å². The molecule has 0 aromatic heterocycles. The number of benzene rings is 2. The third-order valence-corrected chi connectivity index (χ3v) is 5.81. The molecule has 2 aromatic rings. The van der Waals surface area contributed by atoms with Crippen molar-refractivity contribution in [3.05, 3.63) is 35.4 Å². The normalized spacial score (nSPS) is 12.0. The van der Waals surface area contributed by atoms with Crippen LogP contribution in [0.1, 0.15) is 18.1 Å². The van der Waals surface area contributed by atoms with Gasteiger partial charge in [0.25, 0.3) is 20.2 Å². The Balaban J connectivity index is 2.41. The van der Waals surface area contributed by atoms with Crippen molar-refractivity contribution in [1.29, 1.82) is 0 Å². The Morgan fingerprint density at radius 3 is 1.33 bits per heavy atom. The fraction of sp³-hybridized carbons (Fsp3) is 0.188. The Bertz CT molecular complexity index is 1130. The topological polar surface area (TPSA) is 210 Å². The predicted molar refractivity (Wildman–Crippen MR) is 99.1 cm³/mol. The van der Waals surface area contributed by atoms with Gasteiger partial charge in [-0.1, -0.05) is 0 Å². The van der Waals surface area contributed by atoms with E-state index in [1.54, 1.807) is 0 Å². The van der Waals surface area contributed by atoms with Crippen LogP contribution in [0.2, 0.25) is 0 Å². The number of carbonyl (C=O) groups is 1. The van der Waals surface area contributed by atoms with Crippen LogP contribution in [0.15, 0.2) is 34.1 Å². The quantitative estimate of drug-likeness (QED) is 0.257. The van der Waals surface area contributed by atoms with Gasteiger partial charge in [0.2, 0.25) is 5.91 Å². The maximum absolute atomic E-state index is 12.0. The van der Waals surface area contributed by atoms with Crippen LogP contribution in [0.3, 0.4) is 0 Å². The molecule has 2 aromatic carbocycles. The van der Waals surface area contributed by atoms with Crippen LogP contribution >= 0.6 is 0 Å². The van der Waals surface area contributed by atoms with Gasteiger partial charge in [0, 0.05) is 43.3 Å². The second kappa shape index (κ2) is 7.98. The van der Waals surface area contributed by atoms with E-state index < -0.39 is 72.0 Å². The molecule has 6 N–H and O–H groups in total. The Morgan fingerprint density at radius 2 is 1.07 bits per heavy atom. The van der Waals surface area contributed by atoms with Crippen molar-refractivity contribution in [2.45, 2.75) is 29.8 Å².